The van der Waals surface area contributed by atoms with Gasteiger partial charge in [0.15, 0.2) is 0 Å². The summed E-state index contributed by atoms with van der Waals surface area (Å²) in [6.45, 7) is 5.64. The van der Waals surface area contributed by atoms with Gasteiger partial charge in [0.25, 0.3) is 0 Å². The predicted molar refractivity (Wildman–Crippen MR) is 76.7 cm³/mol. The summed E-state index contributed by atoms with van der Waals surface area (Å²) in [7, 11) is -1.49. The third-order valence-corrected chi connectivity index (χ3v) is 5.70. The van der Waals surface area contributed by atoms with Crippen molar-refractivity contribution in [2.75, 3.05) is 26.7 Å². The predicted octanol–water partition coefficient (Wildman–Crippen LogP) is 1.19. The molecule has 0 N–H and O–H groups in total. The fourth-order valence-electron chi connectivity index (χ4n) is 2.54. The zero-order valence-electron chi connectivity index (χ0n) is 12.0. The molecule has 1 fully saturated rings. The second kappa shape index (κ2) is 5.52. The van der Waals surface area contributed by atoms with E-state index in [0.717, 1.165) is 13.1 Å². The summed E-state index contributed by atoms with van der Waals surface area (Å²) in [5.74, 6) is 0. The number of hydrogen-bond acceptors (Lipinski definition) is 4. The molecule has 5 nitrogen and oxygen atoms in total. The molecule has 1 unspecified atom stereocenters. The maximum atomic E-state index is 12.7. The Morgan fingerprint density at radius 3 is 2.60 bits per heavy atom. The minimum absolute atomic E-state index is 0.0466. The molecule has 1 aromatic carbocycles. The number of benzene rings is 1. The van der Waals surface area contributed by atoms with Crippen molar-refractivity contribution in [3.05, 3.63) is 29.3 Å². The van der Waals surface area contributed by atoms with Crippen molar-refractivity contribution in [2.24, 2.45) is 0 Å². The maximum absolute atomic E-state index is 12.7. The molecule has 1 atom stereocenters. The van der Waals surface area contributed by atoms with Crippen molar-refractivity contribution in [1.29, 1.82) is 5.26 Å². The number of piperazine rings is 1. The Labute approximate surface area is 120 Å². The number of nitrogens with zero attached hydrogens (tertiary/aromatic N) is 3. The summed E-state index contributed by atoms with van der Waals surface area (Å²) in [4.78, 5) is 2.39. The molecule has 0 radical (unpaired) electrons. The van der Waals surface area contributed by atoms with Crippen LogP contribution in [-0.2, 0) is 10.0 Å². The fourth-order valence-corrected chi connectivity index (χ4v) is 4.24. The molecule has 108 valence electrons. The van der Waals surface area contributed by atoms with Crippen LogP contribution in [0.1, 0.15) is 18.1 Å². The average molecular weight is 293 g/mol. The van der Waals surface area contributed by atoms with Gasteiger partial charge in [-0.05, 0) is 44.7 Å². The molecule has 2 rings (SSSR count). The zero-order valence-corrected chi connectivity index (χ0v) is 12.8. The van der Waals surface area contributed by atoms with Crippen LogP contribution in [-0.4, -0.2) is 50.3 Å². The van der Waals surface area contributed by atoms with Gasteiger partial charge in [-0.25, -0.2) is 8.42 Å². The number of hydrogen-bond donors (Lipinski definition) is 0. The lowest BCUT2D eigenvalue weighted by Crippen LogP contribution is -2.52. The van der Waals surface area contributed by atoms with Crippen LogP contribution in [0.4, 0.5) is 0 Å². The molecule has 0 amide bonds. The van der Waals surface area contributed by atoms with Gasteiger partial charge in [0, 0.05) is 25.7 Å². The number of sulfonamides is 1. The van der Waals surface area contributed by atoms with Gasteiger partial charge in [-0.15, -0.1) is 0 Å². The summed E-state index contributed by atoms with van der Waals surface area (Å²) in [5, 5.41) is 8.92. The molecule has 0 saturated carbocycles. The van der Waals surface area contributed by atoms with E-state index in [9.17, 15) is 8.42 Å². The van der Waals surface area contributed by atoms with E-state index in [-0.39, 0.29) is 10.9 Å². The van der Waals surface area contributed by atoms with E-state index in [2.05, 4.69) is 11.0 Å². The van der Waals surface area contributed by atoms with Gasteiger partial charge in [-0.1, -0.05) is 0 Å². The number of aryl methyl sites for hydroxylation is 1. The topological polar surface area (TPSA) is 64.4 Å². The van der Waals surface area contributed by atoms with Crippen LogP contribution in [0.15, 0.2) is 23.1 Å². The Hall–Kier alpha value is -1.42. The van der Waals surface area contributed by atoms with Gasteiger partial charge in [0.05, 0.1) is 16.5 Å². The lowest BCUT2D eigenvalue weighted by atomic mass is 10.1. The minimum atomic E-state index is -3.48. The van der Waals surface area contributed by atoms with Gasteiger partial charge in [-0.2, -0.15) is 9.57 Å². The molecule has 0 spiro atoms. The third-order valence-electron chi connectivity index (χ3n) is 3.69. The van der Waals surface area contributed by atoms with Crippen molar-refractivity contribution in [3.8, 4) is 6.07 Å². The summed E-state index contributed by atoms with van der Waals surface area (Å²) >= 11 is 0. The van der Waals surface area contributed by atoms with Crippen molar-refractivity contribution in [2.45, 2.75) is 24.8 Å². The fraction of sp³-hybridized carbons (Fsp3) is 0.500. The summed E-state index contributed by atoms with van der Waals surface area (Å²) in [6.07, 6.45) is 0. The molecule has 0 bridgehead atoms. The Balaban J connectivity index is 2.36. The van der Waals surface area contributed by atoms with Gasteiger partial charge < -0.3 is 4.90 Å². The first-order valence-electron chi connectivity index (χ1n) is 6.57. The van der Waals surface area contributed by atoms with Gasteiger partial charge >= 0.3 is 0 Å². The van der Waals surface area contributed by atoms with E-state index in [1.165, 1.54) is 6.07 Å². The molecular formula is C14H19N3O2S. The Morgan fingerprint density at radius 1 is 1.35 bits per heavy atom. The molecule has 1 saturated heterocycles. The molecule has 1 aliphatic rings. The molecule has 0 aliphatic carbocycles. The van der Waals surface area contributed by atoms with Gasteiger partial charge in [-0.3, -0.25) is 0 Å². The smallest absolute Gasteiger partial charge is 0.243 e. The number of likely N-dealkylation sites (N-methyl/N-ethyl adjacent to an activating group) is 1. The summed E-state index contributed by atoms with van der Waals surface area (Å²) in [5.41, 5.74) is 1.20. The van der Waals surface area contributed by atoms with Crippen molar-refractivity contribution >= 4 is 10.0 Å². The van der Waals surface area contributed by atoms with Gasteiger partial charge in [0.2, 0.25) is 10.0 Å². The normalized spacial score (nSPS) is 21.6. The highest BCUT2D eigenvalue weighted by atomic mass is 32.2. The molecule has 0 aromatic heterocycles. The maximum Gasteiger partial charge on any atom is 0.243 e. The second-order valence-electron chi connectivity index (χ2n) is 5.32. The van der Waals surface area contributed by atoms with E-state index >= 15 is 0 Å². The molecule has 1 heterocycles. The van der Waals surface area contributed by atoms with E-state index < -0.39 is 10.0 Å². The first kappa shape index (κ1) is 15.0. The van der Waals surface area contributed by atoms with Crippen LogP contribution in [0.2, 0.25) is 0 Å². The minimum Gasteiger partial charge on any atom is -0.303 e. The van der Waals surface area contributed by atoms with Crippen molar-refractivity contribution in [1.82, 2.24) is 9.21 Å². The van der Waals surface area contributed by atoms with Crippen LogP contribution in [0.25, 0.3) is 0 Å². The quantitative estimate of drug-likeness (QED) is 0.821. The highest BCUT2D eigenvalue weighted by molar-refractivity contribution is 7.89. The van der Waals surface area contributed by atoms with Gasteiger partial charge in [0.1, 0.15) is 0 Å². The van der Waals surface area contributed by atoms with E-state index in [4.69, 9.17) is 5.26 Å². The monoisotopic (exact) mass is 293 g/mol. The summed E-state index contributed by atoms with van der Waals surface area (Å²) < 4.78 is 26.9. The van der Waals surface area contributed by atoms with Crippen LogP contribution in [0, 0.1) is 18.3 Å². The lowest BCUT2D eigenvalue weighted by molar-refractivity contribution is 0.170. The zero-order chi connectivity index (χ0) is 14.9. The van der Waals surface area contributed by atoms with Crippen molar-refractivity contribution in [3.63, 3.8) is 0 Å². The Bertz CT molecular complexity index is 649. The first-order valence-corrected chi connectivity index (χ1v) is 8.01. The van der Waals surface area contributed by atoms with E-state index in [1.807, 2.05) is 14.0 Å². The highest BCUT2D eigenvalue weighted by Gasteiger charge is 2.32. The average Bonchev–Trinajstić information content (AvgIpc) is 2.38. The van der Waals surface area contributed by atoms with Crippen LogP contribution >= 0.6 is 0 Å². The van der Waals surface area contributed by atoms with E-state index in [0.29, 0.717) is 17.7 Å². The Morgan fingerprint density at radius 2 is 2.05 bits per heavy atom. The highest BCUT2D eigenvalue weighted by Crippen LogP contribution is 2.22. The van der Waals surface area contributed by atoms with Crippen LogP contribution < -0.4 is 0 Å². The van der Waals surface area contributed by atoms with Crippen LogP contribution in [0.5, 0.6) is 0 Å². The molecule has 1 aliphatic heterocycles. The third kappa shape index (κ3) is 2.70. The standard InChI is InChI=1S/C14H19N3O2S/c1-11-8-14(5-4-13(11)9-15)20(18,19)17-7-6-16(3)10-12(17)2/h4-5,8,12H,6-7,10H2,1-3H3. The number of nitriles is 1. The first-order chi connectivity index (χ1) is 9.36. The molecule has 20 heavy (non-hydrogen) atoms. The Kier molecular flexibility index (Phi) is 4.14. The molecule has 1 aromatic rings. The largest absolute Gasteiger partial charge is 0.303 e. The molecule has 6 heteroatoms. The number of rotatable bonds is 2. The van der Waals surface area contributed by atoms with Crippen molar-refractivity contribution < 1.29 is 8.42 Å². The second-order valence-corrected chi connectivity index (χ2v) is 7.21. The molecular weight excluding hydrogens is 274 g/mol. The van der Waals surface area contributed by atoms with Crippen LogP contribution in [0.3, 0.4) is 0 Å². The van der Waals surface area contributed by atoms with E-state index in [1.54, 1.807) is 23.4 Å². The lowest BCUT2D eigenvalue weighted by Gasteiger charge is -2.37. The summed E-state index contributed by atoms with van der Waals surface area (Å²) in [6, 6.07) is 6.68. The SMILES string of the molecule is Cc1cc(S(=O)(=O)N2CCN(C)CC2C)ccc1C#N.